The van der Waals surface area contributed by atoms with Gasteiger partial charge in [0.15, 0.2) is 0 Å². The summed E-state index contributed by atoms with van der Waals surface area (Å²) >= 11 is 3.30. The summed E-state index contributed by atoms with van der Waals surface area (Å²) in [5, 5.41) is 10.3. The zero-order chi connectivity index (χ0) is 13.2. The predicted octanol–water partition coefficient (Wildman–Crippen LogP) is 0.369. The summed E-state index contributed by atoms with van der Waals surface area (Å²) in [6.45, 7) is 1.86. The van der Waals surface area contributed by atoms with Gasteiger partial charge in [0.2, 0.25) is 5.82 Å². The Hall–Kier alpha value is -1.54. The van der Waals surface area contributed by atoms with E-state index in [4.69, 9.17) is 0 Å². The van der Waals surface area contributed by atoms with Gasteiger partial charge in [0.1, 0.15) is 0 Å². The maximum atomic E-state index is 12.1. The second kappa shape index (κ2) is 5.22. The second-order valence-electron chi connectivity index (χ2n) is 4.45. The van der Waals surface area contributed by atoms with Gasteiger partial charge in [-0.05, 0) is 41.9 Å². The number of hydrogen-bond acceptors (Lipinski definition) is 5. The minimum atomic E-state index is -0.242. The first-order valence-corrected chi connectivity index (χ1v) is 6.91. The highest BCUT2D eigenvalue weighted by molar-refractivity contribution is 9.10. The number of nitrogens with one attached hydrogen (secondary N) is 2. The molecular formula is C11H13BrN6O. The standard InChI is InChI=1S/C11H13BrN6O/c12-7-5-14-11-16-9(17-18(11)6-7)10(19)15-8-1-3-13-4-2-8/h5-6,8,13H,1-4H2,(H,15,19). The lowest BCUT2D eigenvalue weighted by Crippen LogP contribution is -2.43. The van der Waals surface area contributed by atoms with E-state index in [-0.39, 0.29) is 17.8 Å². The molecular weight excluding hydrogens is 312 g/mol. The van der Waals surface area contributed by atoms with Crippen LogP contribution in [0.5, 0.6) is 0 Å². The molecule has 19 heavy (non-hydrogen) atoms. The fourth-order valence-corrected chi connectivity index (χ4v) is 2.37. The fourth-order valence-electron chi connectivity index (χ4n) is 2.07. The van der Waals surface area contributed by atoms with Crippen LogP contribution >= 0.6 is 15.9 Å². The van der Waals surface area contributed by atoms with Crippen molar-refractivity contribution in [2.45, 2.75) is 18.9 Å². The highest BCUT2D eigenvalue weighted by Crippen LogP contribution is 2.08. The van der Waals surface area contributed by atoms with Crippen molar-refractivity contribution in [3.05, 3.63) is 22.7 Å². The molecule has 1 aliphatic rings. The third-order valence-electron chi connectivity index (χ3n) is 3.04. The summed E-state index contributed by atoms with van der Waals surface area (Å²) < 4.78 is 2.27. The van der Waals surface area contributed by atoms with Gasteiger partial charge < -0.3 is 10.6 Å². The van der Waals surface area contributed by atoms with Crippen molar-refractivity contribution in [3.63, 3.8) is 0 Å². The lowest BCUT2D eigenvalue weighted by atomic mass is 10.1. The van der Waals surface area contributed by atoms with Crippen molar-refractivity contribution >= 4 is 27.6 Å². The highest BCUT2D eigenvalue weighted by Gasteiger charge is 2.19. The molecule has 0 unspecified atom stereocenters. The Bertz CT molecular complexity index is 606. The number of rotatable bonds is 2. The molecule has 100 valence electrons. The topological polar surface area (TPSA) is 84.2 Å². The zero-order valence-corrected chi connectivity index (χ0v) is 11.7. The summed E-state index contributed by atoms with van der Waals surface area (Å²) in [5.41, 5.74) is 0. The number of carbonyl (C=O) groups excluding carboxylic acids is 1. The Balaban J connectivity index is 1.77. The molecule has 2 aromatic rings. The van der Waals surface area contributed by atoms with Crippen LogP contribution in [0.3, 0.4) is 0 Å². The molecule has 3 heterocycles. The van der Waals surface area contributed by atoms with E-state index in [1.807, 2.05) is 0 Å². The van der Waals surface area contributed by atoms with Gasteiger partial charge in [0.25, 0.3) is 11.7 Å². The van der Waals surface area contributed by atoms with Crippen molar-refractivity contribution in [1.29, 1.82) is 0 Å². The van der Waals surface area contributed by atoms with E-state index in [0.717, 1.165) is 30.4 Å². The molecule has 0 saturated carbocycles. The molecule has 1 saturated heterocycles. The minimum Gasteiger partial charge on any atom is -0.346 e. The summed E-state index contributed by atoms with van der Waals surface area (Å²) in [6.07, 6.45) is 5.21. The summed E-state index contributed by atoms with van der Waals surface area (Å²) in [4.78, 5) is 20.3. The molecule has 1 fully saturated rings. The van der Waals surface area contributed by atoms with Crippen LogP contribution in [0, 0.1) is 0 Å². The molecule has 0 radical (unpaired) electrons. The Morgan fingerprint density at radius 3 is 3.05 bits per heavy atom. The van der Waals surface area contributed by atoms with Gasteiger partial charge in [-0.1, -0.05) is 0 Å². The first-order valence-electron chi connectivity index (χ1n) is 6.12. The van der Waals surface area contributed by atoms with Gasteiger partial charge in [-0.3, -0.25) is 4.79 Å². The van der Waals surface area contributed by atoms with Gasteiger partial charge in [0, 0.05) is 18.4 Å². The highest BCUT2D eigenvalue weighted by atomic mass is 79.9. The lowest BCUT2D eigenvalue weighted by molar-refractivity contribution is 0.0919. The molecule has 1 aliphatic heterocycles. The average molecular weight is 325 g/mol. The quantitative estimate of drug-likeness (QED) is 0.833. The number of nitrogens with zero attached hydrogens (tertiary/aromatic N) is 4. The van der Waals surface area contributed by atoms with Crippen molar-refractivity contribution < 1.29 is 4.79 Å². The fraction of sp³-hybridized carbons (Fsp3) is 0.455. The molecule has 0 aromatic carbocycles. The normalized spacial score (nSPS) is 16.7. The number of piperidine rings is 1. The van der Waals surface area contributed by atoms with Crippen molar-refractivity contribution in [2.24, 2.45) is 0 Å². The summed E-state index contributed by atoms with van der Waals surface area (Å²) in [5.74, 6) is 0.330. The van der Waals surface area contributed by atoms with Crippen molar-refractivity contribution in [1.82, 2.24) is 30.2 Å². The Labute approximate surface area is 117 Å². The molecule has 0 spiro atoms. The van der Waals surface area contributed by atoms with Crippen LogP contribution < -0.4 is 10.6 Å². The van der Waals surface area contributed by atoms with Crippen LogP contribution in [-0.2, 0) is 0 Å². The first kappa shape index (κ1) is 12.5. The van der Waals surface area contributed by atoms with Crippen LogP contribution in [0.25, 0.3) is 5.78 Å². The molecule has 3 rings (SSSR count). The smallest absolute Gasteiger partial charge is 0.291 e. The van der Waals surface area contributed by atoms with E-state index in [2.05, 4.69) is 41.6 Å². The van der Waals surface area contributed by atoms with Gasteiger partial charge >= 0.3 is 0 Å². The van der Waals surface area contributed by atoms with E-state index < -0.39 is 0 Å². The van der Waals surface area contributed by atoms with E-state index in [1.165, 1.54) is 4.52 Å². The van der Waals surface area contributed by atoms with Gasteiger partial charge in [-0.15, -0.1) is 5.10 Å². The molecule has 2 N–H and O–H groups in total. The lowest BCUT2D eigenvalue weighted by Gasteiger charge is -2.22. The maximum Gasteiger partial charge on any atom is 0.291 e. The predicted molar refractivity (Wildman–Crippen MR) is 71.8 cm³/mol. The molecule has 8 heteroatoms. The van der Waals surface area contributed by atoms with Gasteiger partial charge in [-0.2, -0.15) is 4.98 Å². The van der Waals surface area contributed by atoms with Crippen LogP contribution in [0.15, 0.2) is 16.9 Å². The number of carbonyl (C=O) groups is 1. The number of halogens is 1. The second-order valence-corrected chi connectivity index (χ2v) is 5.37. The molecule has 0 bridgehead atoms. The van der Waals surface area contributed by atoms with Crippen molar-refractivity contribution in [3.8, 4) is 0 Å². The monoisotopic (exact) mass is 324 g/mol. The van der Waals surface area contributed by atoms with Crippen LogP contribution in [0.4, 0.5) is 0 Å². The molecule has 1 amide bonds. The number of amides is 1. The third-order valence-corrected chi connectivity index (χ3v) is 3.45. The van der Waals surface area contributed by atoms with Gasteiger partial charge in [-0.25, -0.2) is 9.50 Å². The Morgan fingerprint density at radius 2 is 2.26 bits per heavy atom. The summed E-state index contributed by atoms with van der Waals surface area (Å²) in [7, 11) is 0. The zero-order valence-electron chi connectivity index (χ0n) is 10.1. The van der Waals surface area contributed by atoms with E-state index >= 15 is 0 Å². The Morgan fingerprint density at radius 1 is 1.47 bits per heavy atom. The molecule has 0 atom stereocenters. The SMILES string of the molecule is O=C(NC1CCNCC1)c1nc2ncc(Br)cn2n1. The third kappa shape index (κ3) is 2.74. The molecule has 0 aliphatic carbocycles. The van der Waals surface area contributed by atoms with Crippen LogP contribution in [-0.4, -0.2) is 44.6 Å². The maximum absolute atomic E-state index is 12.1. The number of aromatic nitrogens is 4. The molecule has 2 aromatic heterocycles. The Kier molecular flexibility index (Phi) is 3.43. The van der Waals surface area contributed by atoms with Crippen LogP contribution in [0.2, 0.25) is 0 Å². The van der Waals surface area contributed by atoms with E-state index in [0.29, 0.717) is 5.78 Å². The number of hydrogen-bond donors (Lipinski definition) is 2. The van der Waals surface area contributed by atoms with Gasteiger partial charge in [0.05, 0.1) is 4.47 Å². The largest absolute Gasteiger partial charge is 0.346 e. The van der Waals surface area contributed by atoms with E-state index in [1.54, 1.807) is 12.4 Å². The van der Waals surface area contributed by atoms with E-state index in [9.17, 15) is 4.79 Å². The average Bonchev–Trinajstić information content (AvgIpc) is 2.83. The molecule has 7 nitrogen and oxygen atoms in total. The van der Waals surface area contributed by atoms with Crippen LogP contribution in [0.1, 0.15) is 23.5 Å². The van der Waals surface area contributed by atoms with Crippen molar-refractivity contribution in [2.75, 3.05) is 13.1 Å². The first-order chi connectivity index (χ1) is 9.22. The minimum absolute atomic E-state index is 0.157. The summed E-state index contributed by atoms with van der Waals surface area (Å²) in [6, 6.07) is 0.194. The number of fused-ring (bicyclic) bond motifs is 1.